The monoisotopic (exact) mass is 298 g/mol. The molecule has 0 radical (unpaired) electrons. The molecule has 2 aromatic rings. The van der Waals surface area contributed by atoms with Crippen LogP contribution in [0, 0.1) is 13.8 Å². The van der Waals surface area contributed by atoms with E-state index in [0.717, 1.165) is 48.4 Å². The Bertz CT molecular complexity index is 646. The molecular weight excluding hydrogens is 276 g/mol. The van der Waals surface area contributed by atoms with Gasteiger partial charge in [0, 0.05) is 24.7 Å². The van der Waals surface area contributed by atoms with Gasteiger partial charge in [-0.15, -0.1) is 10.2 Å². The van der Waals surface area contributed by atoms with E-state index in [1.165, 1.54) is 0 Å². The molecule has 0 saturated carbocycles. The highest BCUT2D eigenvalue weighted by Gasteiger charge is 2.18. The van der Waals surface area contributed by atoms with Gasteiger partial charge >= 0.3 is 0 Å². The van der Waals surface area contributed by atoms with Gasteiger partial charge in [0.15, 0.2) is 5.82 Å². The maximum absolute atomic E-state index is 10.2. The molecule has 0 spiro atoms. The summed E-state index contributed by atoms with van der Waals surface area (Å²) in [5, 5.41) is 18.8. The molecule has 1 aliphatic heterocycles. The topological polar surface area (TPSA) is 75.3 Å². The summed E-state index contributed by atoms with van der Waals surface area (Å²) < 4.78 is 0. The van der Waals surface area contributed by atoms with Crippen molar-refractivity contribution in [1.29, 1.82) is 0 Å². The summed E-state index contributed by atoms with van der Waals surface area (Å²) in [7, 11) is 0. The Morgan fingerprint density at radius 1 is 1.23 bits per heavy atom. The number of phenols is 1. The Morgan fingerprint density at radius 3 is 2.68 bits per heavy atom. The molecule has 0 unspecified atom stereocenters. The van der Waals surface area contributed by atoms with E-state index >= 15 is 0 Å². The summed E-state index contributed by atoms with van der Waals surface area (Å²) in [6.45, 7) is 5.73. The maximum Gasteiger partial charge on any atom is 0.151 e. The summed E-state index contributed by atoms with van der Waals surface area (Å²) in [6.07, 6.45) is 2.15. The van der Waals surface area contributed by atoms with Crippen LogP contribution < -0.4 is 10.6 Å². The third kappa shape index (κ3) is 2.90. The Balaban J connectivity index is 1.89. The van der Waals surface area contributed by atoms with Crippen LogP contribution in [-0.4, -0.2) is 34.4 Å². The molecule has 1 fully saturated rings. The van der Waals surface area contributed by atoms with Crippen LogP contribution in [-0.2, 0) is 0 Å². The molecule has 1 atom stereocenters. The van der Waals surface area contributed by atoms with Gasteiger partial charge in [-0.25, -0.2) is 0 Å². The van der Waals surface area contributed by atoms with Crippen molar-refractivity contribution in [2.45, 2.75) is 32.7 Å². The molecule has 1 saturated heterocycles. The molecule has 3 rings (SSSR count). The highest BCUT2D eigenvalue weighted by Crippen LogP contribution is 2.32. The molecule has 1 aliphatic rings. The van der Waals surface area contributed by atoms with Crippen LogP contribution in [0.25, 0.3) is 11.3 Å². The Morgan fingerprint density at radius 2 is 2.05 bits per heavy atom. The molecule has 3 N–H and O–H groups in total. The SMILES string of the molecule is Cc1cc(C)c(-c2ccc(N3CCC[C@@H](N)C3)nn2)c(O)c1. The fourth-order valence-corrected chi connectivity index (χ4v) is 3.12. The lowest BCUT2D eigenvalue weighted by Crippen LogP contribution is -2.43. The number of piperidine rings is 1. The Labute approximate surface area is 130 Å². The number of anilines is 1. The van der Waals surface area contributed by atoms with Crippen molar-refractivity contribution >= 4 is 5.82 Å². The van der Waals surface area contributed by atoms with Gasteiger partial charge < -0.3 is 15.7 Å². The second kappa shape index (κ2) is 5.93. The fraction of sp³-hybridized carbons (Fsp3) is 0.412. The standard InChI is InChI=1S/C17H22N4O/c1-11-8-12(2)17(15(22)9-11)14-5-6-16(20-19-14)21-7-3-4-13(18)10-21/h5-6,8-9,13,22H,3-4,7,10,18H2,1-2H3/t13-/m1/s1. The zero-order chi connectivity index (χ0) is 15.7. The molecule has 2 heterocycles. The number of aromatic nitrogens is 2. The summed E-state index contributed by atoms with van der Waals surface area (Å²) in [6, 6.07) is 7.87. The van der Waals surface area contributed by atoms with Gasteiger partial charge in [-0.1, -0.05) is 6.07 Å². The lowest BCUT2D eigenvalue weighted by molar-refractivity contribution is 0.476. The third-order valence-corrected chi connectivity index (χ3v) is 4.15. The fourth-order valence-electron chi connectivity index (χ4n) is 3.12. The van der Waals surface area contributed by atoms with Crippen molar-refractivity contribution in [3.8, 4) is 17.0 Å². The molecule has 22 heavy (non-hydrogen) atoms. The van der Waals surface area contributed by atoms with Gasteiger partial charge in [-0.3, -0.25) is 0 Å². The van der Waals surface area contributed by atoms with E-state index in [2.05, 4.69) is 15.1 Å². The average molecular weight is 298 g/mol. The molecular formula is C17H22N4O. The lowest BCUT2D eigenvalue weighted by Gasteiger charge is -2.31. The molecule has 1 aromatic carbocycles. The molecule has 5 nitrogen and oxygen atoms in total. The highest BCUT2D eigenvalue weighted by molar-refractivity contribution is 5.71. The highest BCUT2D eigenvalue weighted by atomic mass is 16.3. The van der Waals surface area contributed by atoms with Crippen molar-refractivity contribution in [2.24, 2.45) is 5.73 Å². The van der Waals surface area contributed by atoms with Crippen molar-refractivity contribution in [1.82, 2.24) is 10.2 Å². The maximum atomic E-state index is 10.2. The molecule has 5 heteroatoms. The third-order valence-electron chi connectivity index (χ3n) is 4.15. The second-order valence-corrected chi connectivity index (χ2v) is 6.10. The molecule has 1 aromatic heterocycles. The van der Waals surface area contributed by atoms with Crippen molar-refractivity contribution in [3.63, 3.8) is 0 Å². The van der Waals surface area contributed by atoms with Gasteiger partial charge in [0.25, 0.3) is 0 Å². The van der Waals surface area contributed by atoms with Crippen LogP contribution in [0.2, 0.25) is 0 Å². The summed E-state index contributed by atoms with van der Waals surface area (Å²) in [5.74, 6) is 1.10. The minimum atomic E-state index is 0.207. The smallest absolute Gasteiger partial charge is 0.151 e. The molecule has 0 bridgehead atoms. The number of nitrogens with two attached hydrogens (primary N) is 1. The van der Waals surface area contributed by atoms with Gasteiger partial charge in [0.1, 0.15) is 5.75 Å². The first-order valence-corrected chi connectivity index (χ1v) is 7.69. The summed E-state index contributed by atoms with van der Waals surface area (Å²) in [5.41, 5.74) is 9.49. The zero-order valence-electron chi connectivity index (χ0n) is 13.1. The quantitative estimate of drug-likeness (QED) is 0.890. The number of hydrogen-bond donors (Lipinski definition) is 2. The van der Waals surface area contributed by atoms with Crippen molar-refractivity contribution in [3.05, 3.63) is 35.4 Å². The first-order chi connectivity index (χ1) is 10.5. The Kier molecular flexibility index (Phi) is 3.98. The average Bonchev–Trinajstić information content (AvgIpc) is 2.47. The number of aromatic hydroxyl groups is 1. The number of hydrogen-bond acceptors (Lipinski definition) is 5. The van der Waals surface area contributed by atoms with Crippen LogP contribution in [0.3, 0.4) is 0 Å². The molecule has 0 aliphatic carbocycles. The molecule has 116 valence electrons. The van der Waals surface area contributed by atoms with Crippen molar-refractivity contribution < 1.29 is 5.11 Å². The minimum absolute atomic E-state index is 0.207. The lowest BCUT2D eigenvalue weighted by atomic mass is 10.0. The van der Waals surface area contributed by atoms with Crippen LogP contribution >= 0.6 is 0 Å². The van der Waals surface area contributed by atoms with E-state index in [1.54, 1.807) is 6.07 Å². The minimum Gasteiger partial charge on any atom is -0.507 e. The van der Waals surface area contributed by atoms with Crippen LogP contribution in [0.1, 0.15) is 24.0 Å². The van der Waals surface area contributed by atoms with E-state index in [4.69, 9.17) is 5.73 Å². The first-order valence-electron chi connectivity index (χ1n) is 7.69. The second-order valence-electron chi connectivity index (χ2n) is 6.10. The Hall–Kier alpha value is -2.14. The largest absolute Gasteiger partial charge is 0.507 e. The van der Waals surface area contributed by atoms with E-state index < -0.39 is 0 Å². The summed E-state index contributed by atoms with van der Waals surface area (Å²) >= 11 is 0. The van der Waals surface area contributed by atoms with E-state index in [0.29, 0.717) is 5.69 Å². The van der Waals surface area contributed by atoms with Gasteiger partial charge in [0.05, 0.1) is 5.69 Å². The predicted octanol–water partition coefficient (Wildman–Crippen LogP) is 2.39. The van der Waals surface area contributed by atoms with Gasteiger partial charge in [0.2, 0.25) is 0 Å². The van der Waals surface area contributed by atoms with E-state index in [-0.39, 0.29) is 11.8 Å². The van der Waals surface area contributed by atoms with Crippen LogP contribution in [0.4, 0.5) is 5.82 Å². The number of phenolic OH excluding ortho intramolecular Hbond substituents is 1. The number of nitrogens with zero attached hydrogens (tertiary/aromatic N) is 3. The van der Waals surface area contributed by atoms with Crippen molar-refractivity contribution in [2.75, 3.05) is 18.0 Å². The van der Waals surface area contributed by atoms with Crippen LogP contribution in [0.15, 0.2) is 24.3 Å². The number of rotatable bonds is 2. The zero-order valence-corrected chi connectivity index (χ0v) is 13.1. The number of aryl methyl sites for hydroxylation is 2. The predicted molar refractivity (Wildman–Crippen MR) is 88.0 cm³/mol. The van der Waals surface area contributed by atoms with Gasteiger partial charge in [-0.05, 0) is 56.0 Å². The molecule has 0 amide bonds. The first kappa shape index (κ1) is 14.8. The van der Waals surface area contributed by atoms with E-state index in [9.17, 15) is 5.11 Å². The van der Waals surface area contributed by atoms with Crippen LogP contribution in [0.5, 0.6) is 5.75 Å². The number of benzene rings is 1. The van der Waals surface area contributed by atoms with E-state index in [1.807, 2.05) is 32.0 Å². The van der Waals surface area contributed by atoms with Gasteiger partial charge in [-0.2, -0.15) is 0 Å². The normalized spacial score (nSPS) is 18.5. The summed E-state index contributed by atoms with van der Waals surface area (Å²) in [4.78, 5) is 2.17.